The van der Waals surface area contributed by atoms with Crippen LogP contribution >= 0.6 is 0 Å². The summed E-state index contributed by atoms with van der Waals surface area (Å²) in [5, 5.41) is 0.509. The first kappa shape index (κ1) is 17.7. The molecule has 0 aliphatic heterocycles. The van der Waals surface area contributed by atoms with Gasteiger partial charge in [0.05, 0.1) is 5.39 Å². The van der Waals surface area contributed by atoms with E-state index in [-0.39, 0.29) is 5.82 Å². The van der Waals surface area contributed by atoms with E-state index in [9.17, 15) is 9.59 Å². The smallest absolute Gasteiger partial charge is 0.425 e. The van der Waals surface area contributed by atoms with Gasteiger partial charge in [-0.25, -0.2) is 19.6 Å². The molecule has 130 valence electrons. The number of carbonyl (C=O) groups is 2. The molecule has 0 aromatic carbocycles. The molecular weight excluding hydrogens is 312 g/mol. The summed E-state index contributed by atoms with van der Waals surface area (Å²) in [6.45, 7) is 10.3. The van der Waals surface area contributed by atoms with Crippen LogP contribution in [0.5, 0.6) is 0 Å². The van der Waals surface area contributed by atoms with Gasteiger partial charge in [0.15, 0.2) is 5.82 Å². The Balaban J connectivity index is 2.48. The molecule has 2 amide bonds. The Kier molecular flexibility index (Phi) is 4.50. The van der Waals surface area contributed by atoms with E-state index in [4.69, 9.17) is 9.47 Å². The van der Waals surface area contributed by atoms with Gasteiger partial charge in [-0.2, -0.15) is 4.90 Å². The molecule has 8 heteroatoms. The molecule has 24 heavy (non-hydrogen) atoms. The van der Waals surface area contributed by atoms with Gasteiger partial charge < -0.3 is 14.5 Å². The Morgan fingerprint density at radius 3 is 2.04 bits per heavy atom. The molecule has 0 atom stereocenters. The lowest BCUT2D eigenvalue weighted by molar-refractivity contribution is 0.0429. The van der Waals surface area contributed by atoms with Gasteiger partial charge in [0, 0.05) is 6.20 Å². The van der Waals surface area contributed by atoms with Crippen molar-refractivity contribution in [2.24, 2.45) is 0 Å². The lowest BCUT2D eigenvalue weighted by Gasteiger charge is -2.28. The van der Waals surface area contributed by atoms with Gasteiger partial charge in [0.25, 0.3) is 0 Å². The molecule has 0 fully saturated rings. The van der Waals surface area contributed by atoms with Crippen molar-refractivity contribution in [3.63, 3.8) is 0 Å². The summed E-state index contributed by atoms with van der Waals surface area (Å²) in [5.74, 6) is 0.102. The summed E-state index contributed by atoms with van der Waals surface area (Å²) in [4.78, 5) is 37.0. The maximum absolute atomic E-state index is 12.6. The van der Waals surface area contributed by atoms with E-state index in [0.717, 1.165) is 4.90 Å². The Bertz CT molecular complexity index is 727. The number of hydrogen-bond donors (Lipinski definition) is 1. The van der Waals surface area contributed by atoms with E-state index in [1.54, 1.807) is 53.8 Å². The van der Waals surface area contributed by atoms with Crippen molar-refractivity contribution < 1.29 is 19.1 Å². The lowest BCUT2D eigenvalue weighted by atomic mass is 10.2. The number of imide groups is 1. The summed E-state index contributed by atoms with van der Waals surface area (Å²) in [7, 11) is 0. The van der Waals surface area contributed by atoms with Crippen LogP contribution in [0.15, 0.2) is 18.6 Å². The first-order valence-corrected chi connectivity index (χ1v) is 7.52. The molecule has 0 bridgehead atoms. The average Bonchev–Trinajstić information content (AvgIpc) is 2.83. The van der Waals surface area contributed by atoms with Crippen molar-refractivity contribution in [1.29, 1.82) is 0 Å². The van der Waals surface area contributed by atoms with E-state index >= 15 is 0 Å². The summed E-state index contributed by atoms with van der Waals surface area (Å²) >= 11 is 0. The number of aromatic amines is 1. The van der Waals surface area contributed by atoms with Crippen molar-refractivity contribution in [2.75, 3.05) is 4.90 Å². The maximum Gasteiger partial charge on any atom is 0.425 e. The second-order valence-electron chi connectivity index (χ2n) is 7.23. The SMILES string of the molecule is CC(C)(C)OC(=O)N(C(=O)OC(C)(C)C)c1ncnc2[nH]ccc12. The van der Waals surface area contributed by atoms with E-state index in [0.29, 0.717) is 11.0 Å². The number of carbonyl (C=O) groups excluding carboxylic acids is 2. The van der Waals surface area contributed by atoms with Crippen molar-refractivity contribution in [3.8, 4) is 0 Å². The highest BCUT2D eigenvalue weighted by atomic mass is 16.6. The number of fused-ring (bicyclic) bond motifs is 1. The normalized spacial score (nSPS) is 12.1. The molecule has 0 saturated heterocycles. The van der Waals surface area contributed by atoms with E-state index in [2.05, 4.69) is 15.0 Å². The largest absolute Gasteiger partial charge is 0.443 e. The number of H-pyrrole nitrogens is 1. The zero-order chi connectivity index (χ0) is 18.1. The molecule has 0 aliphatic carbocycles. The van der Waals surface area contributed by atoms with Crippen LogP contribution in [0.1, 0.15) is 41.5 Å². The fourth-order valence-corrected chi connectivity index (χ4v) is 1.90. The quantitative estimate of drug-likeness (QED) is 0.855. The number of ether oxygens (including phenoxy) is 2. The highest BCUT2D eigenvalue weighted by molar-refractivity contribution is 6.13. The highest BCUT2D eigenvalue weighted by Crippen LogP contribution is 2.25. The summed E-state index contributed by atoms with van der Waals surface area (Å²) in [6.07, 6.45) is 1.18. The van der Waals surface area contributed by atoms with Gasteiger partial charge in [-0.1, -0.05) is 0 Å². The number of nitrogens with zero attached hydrogens (tertiary/aromatic N) is 3. The van der Waals surface area contributed by atoms with Crippen LogP contribution in [0.3, 0.4) is 0 Å². The molecule has 0 aliphatic rings. The zero-order valence-corrected chi connectivity index (χ0v) is 14.7. The summed E-state index contributed by atoms with van der Waals surface area (Å²) < 4.78 is 10.7. The highest BCUT2D eigenvalue weighted by Gasteiger charge is 2.34. The average molecular weight is 334 g/mol. The minimum Gasteiger partial charge on any atom is -0.443 e. The summed E-state index contributed by atoms with van der Waals surface area (Å²) in [5.41, 5.74) is -1.05. The van der Waals surface area contributed by atoms with Gasteiger partial charge in [0.1, 0.15) is 23.2 Å². The molecular formula is C16H22N4O4. The van der Waals surface area contributed by atoms with Crippen molar-refractivity contribution in [1.82, 2.24) is 15.0 Å². The number of hydrogen-bond acceptors (Lipinski definition) is 6. The van der Waals surface area contributed by atoms with E-state index in [1.807, 2.05) is 0 Å². The van der Waals surface area contributed by atoms with Gasteiger partial charge >= 0.3 is 12.2 Å². The Morgan fingerprint density at radius 2 is 1.54 bits per heavy atom. The molecule has 8 nitrogen and oxygen atoms in total. The number of nitrogens with one attached hydrogen (secondary N) is 1. The van der Waals surface area contributed by atoms with E-state index < -0.39 is 23.4 Å². The van der Waals surface area contributed by atoms with Crippen LogP contribution in [0.25, 0.3) is 11.0 Å². The van der Waals surface area contributed by atoms with Gasteiger partial charge in [-0.05, 0) is 47.6 Å². The fourth-order valence-electron chi connectivity index (χ4n) is 1.90. The monoisotopic (exact) mass is 334 g/mol. The zero-order valence-electron chi connectivity index (χ0n) is 14.7. The number of rotatable bonds is 1. The number of amides is 2. The van der Waals surface area contributed by atoms with Crippen LogP contribution in [0.2, 0.25) is 0 Å². The van der Waals surface area contributed by atoms with Crippen LogP contribution in [0.4, 0.5) is 15.4 Å². The van der Waals surface area contributed by atoms with Crippen LogP contribution in [0, 0.1) is 0 Å². The van der Waals surface area contributed by atoms with Crippen molar-refractivity contribution in [3.05, 3.63) is 18.6 Å². The molecule has 0 saturated carbocycles. The van der Waals surface area contributed by atoms with Crippen LogP contribution in [-0.4, -0.2) is 38.3 Å². The number of anilines is 1. The predicted molar refractivity (Wildman–Crippen MR) is 88.8 cm³/mol. The Labute approximate surface area is 140 Å². The lowest BCUT2D eigenvalue weighted by Crippen LogP contribution is -2.44. The third-order valence-electron chi connectivity index (χ3n) is 2.70. The first-order chi connectivity index (χ1) is 11.0. The second kappa shape index (κ2) is 6.10. The molecule has 2 aromatic rings. The standard InChI is InChI=1S/C16H22N4O4/c1-15(2,3)23-13(21)20(14(22)24-16(4,5)6)12-10-7-8-17-11(10)18-9-19-12/h7-9H,1-6H3,(H,17,18,19). The van der Waals surface area contributed by atoms with Crippen molar-refractivity contribution >= 4 is 29.0 Å². The van der Waals surface area contributed by atoms with Crippen molar-refractivity contribution in [2.45, 2.75) is 52.7 Å². The molecule has 0 unspecified atom stereocenters. The van der Waals surface area contributed by atoms with Gasteiger partial charge in [-0.3, -0.25) is 0 Å². The van der Waals surface area contributed by atoms with E-state index in [1.165, 1.54) is 6.33 Å². The minimum atomic E-state index is -0.863. The molecule has 0 spiro atoms. The predicted octanol–water partition coefficient (Wildman–Crippen LogP) is 3.63. The first-order valence-electron chi connectivity index (χ1n) is 7.52. The third-order valence-corrected chi connectivity index (χ3v) is 2.70. The number of aromatic nitrogens is 3. The fraction of sp³-hybridized carbons (Fsp3) is 0.500. The maximum atomic E-state index is 12.6. The summed E-state index contributed by atoms with van der Waals surface area (Å²) in [6, 6.07) is 1.67. The Morgan fingerprint density at radius 1 is 1.00 bits per heavy atom. The third kappa shape index (κ3) is 4.21. The van der Waals surface area contributed by atoms with Gasteiger partial charge in [0.2, 0.25) is 0 Å². The second-order valence-corrected chi connectivity index (χ2v) is 7.23. The molecule has 2 heterocycles. The Hall–Kier alpha value is -2.64. The topological polar surface area (TPSA) is 97.4 Å². The van der Waals surface area contributed by atoms with Gasteiger partial charge in [-0.15, -0.1) is 0 Å². The molecule has 2 rings (SSSR count). The minimum absolute atomic E-state index is 0.102. The van der Waals surface area contributed by atoms with Crippen LogP contribution in [-0.2, 0) is 9.47 Å². The molecule has 2 aromatic heterocycles. The van der Waals surface area contributed by atoms with Crippen LogP contribution < -0.4 is 4.90 Å². The molecule has 0 radical (unpaired) electrons. The molecule has 1 N–H and O–H groups in total.